The Hall–Kier alpha value is -3.25. The molecule has 158 valence electrons. The van der Waals surface area contributed by atoms with Gasteiger partial charge in [0, 0.05) is 16.5 Å². The average Bonchev–Trinajstić information content (AvgIpc) is 3.16. The fraction of sp³-hybridized carbons (Fsp3) is 0.240. The van der Waals surface area contributed by atoms with E-state index in [4.69, 9.17) is 0 Å². The Morgan fingerprint density at radius 1 is 1.03 bits per heavy atom. The molecule has 2 aromatic heterocycles. The number of aromatic nitrogens is 2. The van der Waals surface area contributed by atoms with E-state index in [0.29, 0.717) is 21.7 Å². The maximum atomic E-state index is 13.3. The van der Waals surface area contributed by atoms with Crippen molar-refractivity contribution in [3.63, 3.8) is 0 Å². The number of fused-ring (bicyclic) bond motifs is 1. The minimum Gasteiger partial charge on any atom is -0.298 e. The molecule has 0 unspecified atom stereocenters. The van der Waals surface area contributed by atoms with Crippen molar-refractivity contribution in [1.29, 1.82) is 0 Å². The summed E-state index contributed by atoms with van der Waals surface area (Å²) >= 11 is 1.32. The van der Waals surface area contributed by atoms with Crippen LogP contribution in [0.5, 0.6) is 0 Å². The predicted octanol–water partition coefficient (Wildman–Crippen LogP) is 5.04. The van der Waals surface area contributed by atoms with Crippen LogP contribution in [0.15, 0.2) is 57.4 Å². The van der Waals surface area contributed by atoms with Crippen LogP contribution in [0.3, 0.4) is 0 Å². The van der Waals surface area contributed by atoms with Gasteiger partial charge in [-0.2, -0.15) is 0 Å². The zero-order chi connectivity index (χ0) is 22.3. The molecule has 4 aromatic rings. The van der Waals surface area contributed by atoms with Crippen LogP contribution in [0.1, 0.15) is 46.8 Å². The van der Waals surface area contributed by atoms with E-state index in [1.165, 1.54) is 16.9 Å². The van der Waals surface area contributed by atoms with E-state index in [1.54, 1.807) is 12.1 Å². The van der Waals surface area contributed by atoms with Crippen molar-refractivity contribution in [3.8, 4) is 11.1 Å². The summed E-state index contributed by atoms with van der Waals surface area (Å²) in [6.45, 7) is 7.86. The lowest BCUT2D eigenvalue weighted by Gasteiger charge is -2.08. The lowest BCUT2D eigenvalue weighted by atomic mass is 9.99. The predicted molar refractivity (Wildman–Crippen MR) is 126 cm³/mol. The van der Waals surface area contributed by atoms with Gasteiger partial charge >= 0.3 is 5.69 Å². The van der Waals surface area contributed by atoms with Crippen LogP contribution in [0, 0.1) is 13.8 Å². The van der Waals surface area contributed by atoms with E-state index in [2.05, 4.69) is 31.0 Å². The van der Waals surface area contributed by atoms with Crippen molar-refractivity contribution in [2.45, 2.75) is 40.2 Å². The number of H-pyrrole nitrogens is 1. The quantitative estimate of drug-likeness (QED) is 0.449. The number of carbonyl (C=O) groups excluding carboxylic acids is 1. The Balaban J connectivity index is 1.77. The molecule has 0 aliphatic heterocycles. The minimum atomic E-state index is -0.571. The zero-order valence-electron chi connectivity index (χ0n) is 18.0. The molecule has 0 radical (unpaired) electrons. The molecule has 0 bridgehead atoms. The van der Waals surface area contributed by atoms with Crippen molar-refractivity contribution in [2.75, 3.05) is 0 Å². The summed E-state index contributed by atoms with van der Waals surface area (Å²) < 4.78 is 0.999. The molecule has 4 rings (SSSR count). The lowest BCUT2D eigenvalue weighted by Crippen LogP contribution is -2.37. The summed E-state index contributed by atoms with van der Waals surface area (Å²) in [4.78, 5) is 41.9. The van der Waals surface area contributed by atoms with Crippen LogP contribution in [0.4, 0.5) is 0 Å². The van der Waals surface area contributed by atoms with E-state index < -0.39 is 11.2 Å². The number of nitrogens with zero attached hydrogens (tertiary/aromatic N) is 1. The van der Waals surface area contributed by atoms with E-state index in [-0.39, 0.29) is 12.3 Å². The van der Waals surface area contributed by atoms with Crippen molar-refractivity contribution < 1.29 is 4.79 Å². The van der Waals surface area contributed by atoms with Gasteiger partial charge in [-0.15, -0.1) is 11.3 Å². The highest BCUT2D eigenvalue weighted by atomic mass is 32.1. The van der Waals surface area contributed by atoms with Gasteiger partial charge in [0.05, 0.1) is 11.9 Å². The van der Waals surface area contributed by atoms with E-state index in [1.807, 2.05) is 37.4 Å². The van der Waals surface area contributed by atoms with Gasteiger partial charge < -0.3 is 0 Å². The molecule has 0 saturated carbocycles. The largest absolute Gasteiger partial charge is 0.329 e. The molecule has 0 aliphatic carbocycles. The maximum absolute atomic E-state index is 13.3. The fourth-order valence-corrected chi connectivity index (χ4v) is 4.56. The topological polar surface area (TPSA) is 71.9 Å². The number of nitrogens with one attached hydrogen (secondary N) is 1. The molecule has 0 atom stereocenters. The summed E-state index contributed by atoms with van der Waals surface area (Å²) in [7, 11) is 0. The molecule has 0 spiro atoms. The third-order valence-electron chi connectivity index (χ3n) is 5.73. The van der Waals surface area contributed by atoms with Crippen LogP contribution in [-0.4, -0.2) is 15.3 Å². The molecular formula is C25H24N2O3S. The summed E-state index contributed by atoms with van der Waals surface area (Å²) in [5.41, 5.74) is 4.44. The van der Waals surface area contributed by atoms with Crippen LogP contribution in [-0.2, 0) is 6.54 Å². The van der Waals surface area contributed by atoms with Crippen LogP contribution in [0.2, 0.25) is 0 Å². The molecule has 0 fully saturated rings. The summed E-state index contributed by atoms with van der Waals surface area (Å²) in [5.74, 6) is 0.145. The monoisotopic (exact) mass is 432 g/mol. The number of aromatic amines is 1. The first kappa shape index (κ1) is 21.0. The van der Waals surface area contributed by atoms with Gasteiger partial charge in [-0.25, -0.2) is 4.79 Å². The molecule has 31 heavy (non-hydrogen) atoms. The Labute approximate surface area is 184 Å². The standard InChI is InChI=1S/C25H24N2O3S/c1-14(2)17-7-9-18(10-8-17)20-13-31-23-22(20)24(29)27(25(30)26-23)12-21(28)19-6-5-15(3)16(4)11-19/h5-11,13-14H,12H2,1-4H3,(H,26,30). The SMILES string of the molecule is Cc1ccc(C(=O)Cn2c(=O)[nH]c3scc(-c4ccc(C(C)C)cc4)c3c2=O)cc1C. The third-order valence-corrected chi connectivity index (χ3v) is 6.63. The van der Waals surface area contributed by atoms with E-state index >= 15 is 0 Å². The second-order valence-electron chi connectivity index (χ2n) is 8.17. The lowest BCUT2D eigenvalue weighted by molar-refractivity contribution is 0.0969. The van der Waals surface area contributed by atoms with Crippen molar-refractivity contribution in [3.05, 3.63) is 90.9 Å². The molecule has 1 N–H and O–H groups in total. The third kappa shape index (κ3) is 3.91. The van der Waals surface area contributed by atoms with Crippen molar-refractivity contribution >= 4 is 27.3 Å². The number of hydrogen-bond donors (Lipinski definition) is 1. The van der Waals surface area contributed by atoms with Gasteiger partial charge in [0.1, 0.15) is 4.83 Å². The Bertz CT molecular complexity index is 1410. The zero-order valence-corrected chi connectivity index (χ0v) is 18.8. The average molecular weight is 433 g/mol. The number of ketones is 1. The molecule has 0 amide bonds. The second kappa shape index (κ2) is 8.12. The Morgan fingerprint density at radius 3 is 2.39 bits per heavy atom. The van der Waals surface area contributed by atoms with Gasteiger partial charge in [0.15, 0.2) is 5.78 Å². The minimum absolute atomic E-state index is 0.270. The molecule has 2 aromatic carbocycles. The van der Waals surface area contributed by atoms with Gasteiger partial charge in [-0.3, -0.25) is 19.1 Å². The molecule has 0 saturated heterocycles. The first-order valence-corrected chi connectivity index (χ1v) is 11.1. The molecule has 6 heteroatoms. The summed E-state index contributed by atoms with van der Waals surface area (Å²) in [6.07, 6.45) is 0. The molecular weight excluding hydrogens is 408 g/mol. The number of carbonyl (C=O) groups is 1. The summed E-state index contributed by atoms with van der Waals surface area (Å²) in [6, 6.07) is 13.5. The number of Topliss-reactive ketones (excluding diaryl/α,β-unsaturated/α-hetero) is 1. The first-order chi connectivity index (χ1) is 14.8. The van der Waals surface area contributed by atoms with Crippen LogP contribution in [0.25, 0.3) is 21.3 Å². The fourth-order valence-electron chi connectivity index (χ4n) is 3.61. The van der Waals surface area contributed by atoms with Gasteiger partial charge in [-0.1, -0.05) is 50.2 Å². The molecule has 0 aliphatic rings. The highest BCUT2D eigenvalue weighted by Gasteiger charge is 2.18. The second-order valence-corrected chi connectivity index (χ2v) is 9.05. The Kier molecular flexibility index (Phi) is 5.50. The highest BCUT2D eigenvalue weighted by molar-refractivity contribution is 7.17. The normalized spacial score (nSPS) is 11.4. The van der Waals surface area contributed by atoms with Crippen LogP contribution >= 0.6 is 11.3 Å². The maximum Gasteiger partial charge on any atom is 0.329 e. The highest BCUT2D eigenvalue weighted by Crippen LogP contribution is 2.31. The van der Waals surface area contributed by atoms with Crippen LogP contribution < -0.4 is 11.2 Å². The number of aryl methyl sites for hydroxylation is 2. The Morgan fingerprint density at radius 2 is 1.74 bits per heavy atom. The number of rotatable bonds is 5. The molecule has 2 heterocycles. The van der Waals surface area contributed by atoms with Gasteiger partial charge in [-0.05, 0) is 48.1 Å². The van der Waals surface area contributed by atoms with Crippen molar-refractivity contribution in [1.82, 2.24) is 9.55 Å². The van der Waals surface area contributed by atoms with Gasteiger partial charge in [0.25, 0.3) is 5.56 Å². The first-order valence-electron chi connectivity index (χ1n) is 10.2. The molecule has 5 nitrogen and oxygen atoms in total. The van der Waals surface area contributed by atoms with Gasteiger partial charge in [0.2, 0.25) is 0 Å². The summed E-state index contributed by atoms with van der Waals surface area (Å²) in [5, 5.41) is 2.32. The smallest absolute Gasteiger partial charge is 0.298 e. The van der Waals surface area contributed by atoms with Crippen molar-refractivity contribution in [2.24, 2.45) is 0 Å². The van der Waals surface area contributed by atoms with E-state index in [0.717, 1.165) is 26.8 Å². The number of benzene rings is 2. The van der Waals surface area contributed by atoms with E-state index in [9.17, 15) is 14.4 Å². The number of hydrogen-bond acceptors (Lipinski definition) is 4. The number of thiophene rings is 1.